The normalized spacial score (nSPS) is 18.2. The van der Waals surface area contributed by atoms with Crippen LogP contribution in [0.15, 0.2) is 18.2 Å². The number of nitrogens with zero attached hydrogens (tertiary/aromatic N) is 1. The van der Waals surface area contributed by atoms with Crippen LogP contribution >= 0.6 is 23.2 Å². The Morgan fingerprint density at radius 3 is 2.53 bits per heavy atom. The third-order valence-electron chi connectivity index (χ3n) is 4.28. The van der Waals surface area contributed by atoms with Gasteiger partial charge < -0.3 is 10.2 Å². The zero-order valence-corrected chi connectivity index (χ0v) is 13.2. The molecule has 0 saturated heterocycles. The summed E-state index contributed by atoms with van der Waals surface area (Å²) in [6.07, 6.45) is 5.21. The highest BCUT2D eigenvalue weighted by Gasteiger charge is 2.35. The molecule has 0 spiro atoms. The Labute approximate surface area is 126 Å². The molecule has 2 rings (SSSR count). The minimum atomic E-state index is 0.311. The molecule has 1 aromatic carbocycles. The minimum absolute atomic E-state index is 0.311. The van der Waals surface area contributed by atoms with Crippen molar-refractivity contribution in [2.24, 2.45) is 0 Å². The first-order chi connectivity index (χ1) is 9.05. The molecule has 0 aliphatic heterocycles. The highest BCUT2D eigenvalue weighted by atomic mass is 35.5. The number of halogens is 2. The van der Waals surface area contributed by atoms with Gasteiger partial charge in [-0.25, -0.2) is 0 Å². The molecule has 0 atom stereocenters. The average molecular weight is 301 g/mol. The van der Waals surface area contributed by atoms with Crippen LogP contribution in [0.25, 0.3) is 0 Å². The summed E-state index contributed by atoms with van der Waals surface area (Å²) in [5.74, 6) is 0. The van der Waals surface area contributed by atoms with E-state index in [1.54, 1.807) is 0 Å². The van der Waals surface area contributed by atoms with Gasteiger partial charge in [-0.1, -0.05) is 48.2 Å². The molecule has 0 bridgehead atoms. The Kier molecular flexibility index (Phi) is 5.13. The Hall–Kier alpha value is -0.280. The molecule has 1 saturated carbocycles. The monoisotopic (exact) mass is 300 g/mol. The summed E-state index contributed by atoms with van der Waals surface area (Å²) in [6, 6.07) is 5.80. The van der Waals surface area contributed by atoms with Crippen LogP contribution in [0, 0.1) is 0 Å². The van der Waals surface area contributed by atoms with Crippen LogP contribution in [-0.4, -0.2) is 31.1 Å². The Balaban J connectivity index is 1.94. The molecule has 0 heterocycles. The van der Waals surface area contributed by atoms with E-state index in [4.69, 9.17) is 23.2 Å². The maximum Gasteiger partial charge on any atom is 0.0637 e. The molecule has 1 aromatic rings. The molecule has 1 fully saturated rings. The standard InChI is InChI=1S/C15H22Cl2N2/c1-19(2)15(8-3-4-9-15)11-18-10-12-6-5-7-13(16)14(12)17/h5-7,18H,3-4,8-11H2,1-2H3. The summed E-state index contributed by atoms with van der Waals surface area (Å²) >= 11 is 12.2. The summed E-state index contributed by atoms with van der Waals surface area (Å²) in [5, 5.41) is 4.85. The Bertz CT molecular complexity index is 426. The zero-order valence-electron chi connectivity index (χ0n) is 11.7. The molecule has 19 heavy (non-hydrogen) atoms. The van der Waals surface area contributed by atoms with Crippen LogP contribution in [0.1, 0.15) is 31.2 Å². The fourth-order valence-electron chi connectivity index (χ4n) is 2.93. The molecule has 1 aliphatic carbocycles. The molecule has 0 radical (unpaired) electrons. The number of nitrogens with one attached hydrogen (secondary N) is 1. The van der Waals surface area contributed by atoms with Gasteiger partial charge in [0.15, 0.2) is 0 Å². The highest BCUT2D eigenvalue weighted by Crippen LogP contribution is 2.33. The maximum atomic E-state index is 6.20. The van der Waals surface area contributed by atoms with Crippen LogP contribution in [-0.2, 0) is 6.54 Å². The van der Waals surface area contributed by atoms with Crippen molar-refractivity contribution < 1.29 is 0 Å². The summed E-state index contributed by atoms with van der Waals surface area (Å²) in [6.45, 7) is 1.78. The van der Waals surface area contributed by atoms with Crippen molar-refractivity contribution in [3.05, 3.63) is 33.8 Å². The SMILES string of the molecule is CN(C)C1(CNCc2cccc(Cl)c2Cl)CCCC1. The van der Waals surface area contributed by atoms with Crippen molar-refractivity contribution in [1.82, 2.24) is 10.2 Å². The van der Waals surface area contributed by atoms with Crippen molar-refractivity contribution in [1.29, 1.82) is 0 Å². The third-order valence-corrected chi connectivity index (χ3v) is 5.14. The van der Waals surface area contributed by atoms with Crippen molar-refractivity contribution in [3.8, 4) is 0 Å². The van der Waals surface area contributed by atoms with Crippen molar-refractivity contribution in [3.63, 3.8) is 0 Å². The lowest BCUT2D eigenvalue weighted by Crippen LogP contribution is -2.49. The number of benzene rings is 1. The lowest BCUT2D eigenvalue weighted by atomic mass is 9.96. The van der Waals surface area contributed by atoms with Gasteiger partial charge in [0.05, 0.1) is 10.0 Å². The zero-order chi connectivity index (χ0) is 13.9. The van der Waals surface area contributed by atoms with E-state index in [1.807, 2.05) is 18.2 Å². The van der Waals surface area contributed by atoms with Crippen molar-refractivity contribution in [2.45, 2.75) is 37.8 Å². The van der Waals surface area contributed by atoms with Gasteiger partial charge in [-0.3, -0.25) is 0 Å². The number of hydrogen-bond donors (Lipinski definition) is 1. The molecule has 2 nitrogen and oxygen atoms in total. The number of likely N-dealkylation sites (N-methyl/N-ethyl adjacent to an activating group) is 1. The first kappa shape index (κ1) is 15.1. The fourth-order valence-corrected chi connectivity index (χ4v) is 3.32. The highest BCUT2D eigenvalue weighted by molar-refractivity contribution is 6.42. The smallest absolute Gasteiger partial charge is 0.0637 e. The lowest BCUT2D eigenvalue weighted by molar-refractivity contribution is 0.153. The maximum absolute atomic E-state index is 6.20. The largest absolute Gasteiger partial charge is 0.311 e. The predicted molar refractivity (Wildman–Crippen MR) is 83.1 cm³/mol. The van der Waals surface area contributed by atoms with E-state index >= 15 is 0 Å². The second-order valence-electron chi connectivity index (χ2n) is 5.64. The molecular formula is C15H22Cl2N2. The van der Waals surface area contributed by atoms with Crippen LogP contribution in [0.2, 0.25) is 10.0 Å². The van der Waals surface area contributed by atoms with Gasteiger partial charge >= 0.3 is 0 Å². The van der Waals surface area contributed by atoms with E-state index in [0.29, 0.717) is 15.6 Å². The van der Waals surface area contributed by atoms with Crippen LogP contribution in [0.3, 0.4) is 0 Å². The lowest BCUT2D eigenvalue weighted by Gasteiger charge is -2.36. The molecule has 4 heteroatoms. The van der Waals surface area contributed by atoms with Gasteiger partial charge in [0.1, 0.15) is 0 Å². The first-order valence-electron chi connectivity index (χ1n) is 6.86. The van der Waals surface area contributed by atoms with Crippen LogP contribution < -0.4 is 5.32 Å². The van der Waals surface area contributed by atoms with Gasteiger partial charge in [-0.05, 0) is 38.6 Å². The van der Waals surface area contributed by atoms with E-state index in [1.165, 1.54) is 25.7 Å². The summed E-state index contributed by atoms with van der Waals surface area (Å²) in [5.41, 5.74) is 1.38. The van der Waals surface area contributed by atoms with E-state index in [2.05, 4.69) is 24.3 Å². The summed E-state index contributed by atoms with van der Waals surface area (Å²) in [7, 11) is 4.36. The molecule has 0 unspecified atom stereocenters. The molecule has 1 aliphatic rings. The molecule has 1 N–H and O–H groups in total. The van der Waals surface area contributed by atoms with E-state index in [-0.39, 0.29) is 0 Å². The second-order valence-corrected chi connectivity index (χ2v) is 6.43. The van der Waals surface area contributed by atoms with E-state index in [9.17, 15) is 0 Å². The van der Waals surface area contributed by atoms with Crippen molar-refractivity contribution >= 4 is 23.2 Å². The first-order valence-corrected chi connectivity index (χ1v) is 7.62. The van der Waals surface area contributed by atoms with E-state index in [0.717, 1.165) is 18.7 Å². The van der Waals surface area contributed by atoms with Crippen LogP contribution in [0.4, 0.5) is 0 Å². The number of hydrogen-bond acceptors (Lipinski definition) is 2. The van der Waals surface area contributed by atoms with Gasteiger partial charge in [0.25, 0.3) is 0 Å². The topological polar surface area (TPSA) is 15.3 Å². The molecule has 0 aromatic heterocycles. The quantitative estimate of drug-likeness (QED) is 0.885. The number of rotatable bonds is 5. The van der Waals surface area contributed by atoms with Gasteiger partial charge in [-0.15, -0.1) is 0 Å². The Morgan fingerprint density at radius 1 is 1.21 bits per heavy atom. The molecule has 106 valence electrons. The van der Waals surface area contributed by atoms with Gasteiger partial charge in [0, 0.05) is 18.6 Å². The minimum Gasteiger partial charge on any atom is -0.311 e. The fraction of sp³-hybridized carbons (Fsp3) is 0.600. The molecular weight excluding hydrogens is 279 g/mol. The average Bonchev–Trinajstić information content (AvgIpc) is 2.85. The van der Waals surface area contributed by atoms with Gasteiger partial charge in [-0.2, -0.15) is 0 Å². The Morgan fingerprint density at radius 2 is 1.89 bits per heavy atom. The molecule has 0 amide bonds. The second kappa shape index (κ2) is 6.45. The van der Waals surface area contributed by atoms with Crippen molar-refractivity contribution in [2.75, 3.05) is 20.6 Å². The van der Waals surface area contributed by atoms with Gasteiger partial charge in [0.2, 0.25) is 0 Å². The van der Waals surface area contributed by atoms with Crippen LogP contribution in [0.5, 0.6) is 0 Å². The van der Waals surface area contributed by atoms with E-state index < -0.39 is 0 Å². The predicted octanol–water partition coefficient (Wildman–Crippen LogP) is 3.96. The third kappa shape index (κ3) is 3.43. The summed E-state index contributed by atoms with van der Waals surface area (Å²) in [4.78, 5) is 2.37. The summed E-state index contributed by atoms with van der Waals surface area (Å²) < 4.78 is 0.